The predicted molar refractivity (Wildman–Crippen MR) is 72.8 cm³/mol. The molecule has 1 aromatic carbocycles. The van der Waals surface area contributed by atoms with E-state index in [1.165, 1.54) is 25.3 Å². The molecular formula is C15H17NO3. The number of carbonyl (C=O) groups is 2. The highest BCUT2D eigenvalue weighted by atomic mass is 16.4. The molecule has 0 aliphatic heterocycles. The summed E-state index contributed by atoms with van der Waals surface area (Å²) < 4.78 is 0. The lowest BCUT2D eigenvalue weighted by atomic mass is 9.85. The minimum absolute atomic E-state index is 0.0688. The topological polar surface area (TPSA) is 66.4 Å². The van der Waals surface area contributed by atoms with Crippen LogP contribution in [0.1, 0.15) is 35.2 Å². The summed E-state index contributed by atoms with van der Waals surface area (Å²) in [5.41, 5.74) is 1.37. The van der Waals surface area contributed by atoms with Crippen molar-refractivity contribution in [2.75, 3.05) is 6.54 Å². The zero-order valence-corrected chi connectivity index (χ0v) is 10.6. The largest absolute Gasteiger partial charge is 0.478 e. The lowest BCUT2D eigenvalue weighted by Gasteiger charge is -2.25. The Bertz CT molecular complexity index is 487. The normalized spacial score (nSPS) is 15.2. The smallest absolute Gasteiger partial charge is 0.328 e. The van der Waals surface area contributed by atoms with Gasteiger partial charge < -0.3 is 10.4 Å². The number of nitrogens with one attached hydrogen (secondary N) is 1. The first-order valence-corrected chi connectivity index (χ1v) is 6.44. The minimum atomic E-state index is -0.984. The van der Waals surface area contributed by atoms with Gasteiger partial charge in [-0.15, -0.1) is 0 Å². The van der Waals surface area contributed by atoms with Crippen molar-refractivity contribution in [3.63, 3.8) is 0 Å². The van der Waals surface area contributed by atoms with Crippen LogP contribution < -0.4 is 5.32 Å². The Labute approximate surface area is 112 Å². The van der Waals surface area contributed by atoms with E-state index in [-0.39, 0.29) is 5.91 Å². The Hall–Kier alpha value is -2.10. The van der Waals surface area contributed by atoms with Crippen LogP contribution in [-0.2, 0) is 4.79 Å². The summed E-state index contributed by atoms with van der Waals surface area (Å²) in [5.74, 6) is -0.412. The lowest BCUT2D eigenvalue weighted by molar-refractivity contribution is -0.131. The molecule has 0 saturated heterocycles. The van der Waals surface area contributed by atoms with E-state index in [0.29, 0.717) is 11.5 Å². The van der Waals surface area contributed by atoms with Crippen LogP contribution in [0.25, 0.3) is 6.08 Å². The standard InChI is InChI=1S/C15H17NO3/c17-14(18)9-6-11-4-7-13(8-5-11)15(19)16-10-12-2-1-3-12/h4-9,12H,1-3,10H2,(H,16,19)(H,17,18)/b9-6+. The summed E-state index contributed by atoms with van der Waals surface area (Å²) in [4.78, 5) is 22.2. The van der Waals surface area contributed by atoms with Gasteiger partial charge in [-0.3, -0.25) is 4.79 Å². The molecule has 0 unspecified atom stereocenters. The number of hydrogen-bond acceptors (Lipinski definition) is 2. The third-order valence-electron chi connectivity index (χ3n) is 3.37. The summed E-state index contributed by atoms with van der Waals surface area (Å²) >= 11 is 0. The number of amides is 1. The Morgan fingerprint density at radius 2 is 1.95 bits per heavy atom. The second-order valence-corrected chi connectivity index (χ2v) is 4.80. The van der Waals surface area contributed by atoms with Crippen LogP contribution >= 0.6 is 0 Å². The van der Waals surface area contributed by atoms with E-state index >= 15 is 0 Å². The number of benzene rings is 1. The molecule has 19 heavy (non-hydrogen) atoms. The third-order valence-corrected chi connectivity index (χ3v) is 3.37. The van der Waals surface area contributed by atoms with Gasteiger partial charge >= 0.3 is 5.97 Å². The molecule has 2 rings (SSSR count). The molecule has 1 aromatic rings. The molecule has 1 aliphatic carbocycles. The fourth-order valence-electron chi connectivity index (χ4n) is 1.95. The predicted octanol–water partition coefficient (Wildman–Crippen LogP) is 2.31. The Morgan fingerprint density at radius 3 is 2.47 bits per heavy atom. The van der Waals surface area contributed by atoms with Crippen molar-refractivity contribution in [3.8, 4) is 0 Å². The van der Waals surface area contributed by atoms with E-state index in [4.69, 9.17) is 5.11 Å². The van der Waals surface area contributed by atoms with E-state index in [0.717, 1.165) is 18.2 Å². The molecule has 0 atom stereocenters. The van der Waals surface area contributed by atoms with Crippen molar-refractivity contribution in [1.82, 2.24) is 5.32 Å². The highest BCUT2D eigenvalue weighted by molar-refractivity contribution is 5.94. The Kier molecular flexibility index (Phi) is 4.34. The van der Waals surface area contributed by atoms with Crippen LogP contribution in [0.3, 0.4) is 0 Å². The first-order valence-electron chi connectivity index (χ1n) is 6.44. The Balaban J connectivity index is 1.89. The van der Waals surface area contributed by atoms with E-state index in [1.54, 1.807) is 24.3 Å². The summed E-state index contributed by atoms with van der Waals surface area (Å²) in [6.07, 6.45) is 6.26. The summed E-state index contributed by atoms with van der Waals surface area (Å²) in [6, 6.07) is 6.88. The quantitative estimate of drug-likeness (QED) is 0.797. The first kappa shape index (κ1) is 13.3. The fourth-order valence-corrected chi connectivity index (χ4v) is 1.95. The van der Waals surface area contributed by atoms with Crippen LogP contribution in [0.4, 0.5) is 0 Å². The van der Waals surface area contributed by atoms with Crippen molar-refractivity contribution in [2.45, 2.75) is 19.3 Å². The molecule has 100 valence electrons. The lowest BCUT2D eigenvalue weighted by Crippen LogP contribution is -2.32. The van der Waals surface area contributed by atoms with Gasteiger partial charge in [0.2, 0.25) is 0 Å². The van der Waals surface area contributed by atoms with Crippen LogP contribution in [0.5, 0.6) is 0 Å². The highest BCUT2D eigenvalue weighted by Crippen LogP contribution is 2.25. The zero-order valence-electron chi connectivity index (χ0n) is 10.6. The first-order chi connectivity index (χ1) is 9.15. The number of hydrogen-bond donors (Lipinski definition) is 2. The second-order valence-electron chi connectivity index (χ2n) is 4.80. The number of aliphatic carboxylic acids is 1. The summed E-state index contributed by atoms with van der Waals surface area (Å²) in [6.45, 7) is 0.750. The van der Waals surface area contributed by atoms with Gasteiger partial charge in [-0.2, -0.15) is 0 Å². The van der Waals surface area contributed by atoms with Crippen LogP contribution in [0.15, 0.2) is 30.3 Å². The molecule has 1 aliphatic rings. The third kappa shape index (κ3) is 3.95. The molecule has 4 heteroatoms. The maximum atomic E-state index is 11.8. The molecule has 1 saturated carbocycles. The maximum absolute atomic E-state index is 11.8. The number of carboxylic acid groups (broad SMARTS) is 1. The van der Waals surface area contributed by atoms with Crippen molar-refractivity contribution in [2.24, 2.45) is 5.92 Å². The molecule has 2 N–H and O–H groups in total. The molecule has 0 radical (unpaired) electrons. The van der Waals surface area contributed by atoms with Gasteiger partial charge in [-0.05, 0) is 42.5 Å². The van der Waals surface area contributed by atoms with Gasteiger partial charge in [0, 0.05) is 18.2 Å². The van der Waals surface area contributed by atoms with Gasteiger partial charge in [-0.25, -0.2) is 4.79 Å². The van der Waals surface area contributed by atoms with E-state index in [1.807, 2.05) is 0 Å². The SMILES string of the molecule is O=C(O)/C=C/c1ccc(C(=O)NCC2CCC2)cc1. The average Bonchev–Trinajstić information content (AvgIpc) is 2.35. The van der Waals surface area contributed by atoms with Crippen molar-refractivity contribution in [1.29, 1.82) is 0 Å². The summed E-state index contributed by atoms with van der Waals surface area (Å²) in [7, 11) is 0. The van der Waals surface area contributed by atoms with Crippen LogP contribution in [0.2, 0.25) is 0 Å². The summed E-state index contributed by atoms with van der Waals surface area (Å²) in [5, 5.41) is 11.4. The van der Waals surface area contributed by atoms with Crippen LogP contribution in [-0.4, -0.2) is 23.5 Å². The van der Waals surface area contributed by atoms with Gasteiger partial charge in [0.1, 0.15) is 0 Å². The van der Waals surface area contributed by atoms with E-state index in [2.05, 4.69) is 5.32 Å². The second kappa shape index (κ2) is 6.18. The Morgan fingerprint density at radius 1 is 1.26 bits per heavy atom. The van der Waals surface area contributed by atoms with E-state index < -0.39 is 5.97 Å². The van der Waals surface area contributed by atoms with Crippen LogP contribution in [0, 0.1) is 5.92 Å². The highest BCUT2D eigenvalue weighted by Gasteiger charge is 2.18. The number of carboxylic acids is 1. The minimum Gasteiger partial charge on any atom is -0.478 e. The van der Waals surface area contributed by atoms with Gasteiger partial charge in [-0.1, -0.05) is 18.6 Å². The van der Waals surface area contributed by atoms with Gasteiger partial charge in [0.15, 0.2) is 0 Å². The molecule has 4 nitrogen and oxygen atoms in total. The van der Waals surface area contributed by atoms with Crippen molar-refractivity contribution < 1.29 is 14.7 Å². The molecule has 0 aromatic heterocycles. The maximum Gasteiger partial charge on any atom is 0.328 e. The zero-order chi connectivity index (χ0) is 13.7. The fraction of sp³-hybridized carbons (Fsp3) is 0.333. The molecular weight excluding hydrogens is 242 g/mol. The van der Waals surface area contributed by atoms with Crippen molar-refractivity contribution >= 4 is 18.0 Å². The molecule has 0 heterocycles. The average molecular weight is 259 g/mol. The number of rotatable bonds is 5. The van der Waals surface area contributed by atoms with Gasteiger partial charge in [0.25, 0.3) is 5.91 Å². The molecule has 0 spiro atoms. The molecule has 1 amide bonds. The van der Waals surface area contributed by atoms with Gasteiger partial charge in [0.05, 0.1) is 0 Å². The van der Waals surface area contributed by atoms with E-state index in [9.17, 15) is 9.59 Å². The molecule has 0 bridgehead atoms. The monoisotopic (exact) mass is 259 g/mol. The molecule has 1 fully saturated rings. The number of carbonyl (C=O) groups excluding carboxylic acids is 1. The van der Waals surface area contributed by atoms with Crippen molar-refractivity contribution in [3.05, 3.63) is 41.5 Å².